The summed E-state index contributed by atoms with van der Waals surface area (Å²) in [5.41, 5.74) is 0. The van der Waals surface area contributed by atoms with Crippen molar-refractivity contribution in [2.75, 3.05) is 24.7 Å². The van der Waals surface area contributed by atoms with Crippen LogP contribution in [0.1, 0.15) is 44.9 Å². The minimum atomic E-state index is 0.175. The standard InChI is InChI=1S/C14H23N5OS/c1-9-5-10(2)7-18(6-9)12(20)8-21-14-17-16-13(19(14)15)11-3-4-11/h9-11H,3-8,15H2,1-2H3/t9-,10-/m0/s1. The molecule has 1 aromatic heterocycles. The molecule has 2 N–H and O–H groups in total. The average molecular weight is 309 g/mol. The first-order chi connectivity index (χ1) is 10.0. The second-order valence-electron chi connectivity index (χ2n) is 6.52. The van der Waals surface area contributed by atoms with E-state index in [1.54, 1.807) is 4.68 Å². The molecule has 0 spiro atoms. The van der Waals surface area contributed by atoms with Crippen molar-refractivity contribution in [3.8, 4) is 0 Å². The molecule has 116 valence electrons. The molecular weight excluding hydrogens is 286 g/mol. The Morgan fingerprint density at radius 3 is 2.57 bits per heavy atom. The van der Waals surface area contributed by atoms with Gasteiger partial charge in [0.15, 0.2) is 5.82 Å². The summed E-state index contributed by atoms with van der Waals surface area (Å²) >= 11 is 1.39. The number of thioether (sulfide) groups is 1. The van der Waals surface area contributed by atoms with E-state index >= 15 is 0 Å². The molecule has 21 heavy (non-hydrogen) atoms. The van der Waals surface area contributed by atoms with Crippen LogP contribution in [-0.2, 0) is 4.79 Å². The van der Waals surface area contributed by atoms with Crippen molar-refractivity contribution in [1.82, 2.24) is 19.8 Å². The number of nitrogens with two attached hydrogens (primary N) is 1. The monoisotopic (exact) mass is 309 g/mol. The first kappa shape index (κ1) is 14.7. The fourth-order valence-corrected chi connectivity index (χ4v) is 3.86. The fourth-order valence-electron chi connectivity index (χ4n) is 3.09. The molecule has 3 rings (SSSR count). The predicted octanol–water partition coefficient (Wildman–Crippen LogP) is 1.47. The molecular formula is C14H23N5OS. The lowest BCUT2D eigenvalue weighted by atomic mass is 9.92. The van der Waals surface area contributed by atoms with Gasteiger partial charge in [0, 0.05) is 19.0 Å². The number of hydrogen-bond acceptors (Lipinski definition) is 5. The summed E-state index contributed by atoms with van der Waals surface area (Å²) in [7, 11) is 0. The van der Waals surface area contributed by atoms with Crippen LogP contribution < -0.4 is 5.84 Å². The maximum absolute atomic E-state index is 12.3. The number of amides is 1. The van der Waals surface area contributed by atoms with Gasteiger partial charge in [-0.2, -0.15) is 0 Å². The quantitative estimate of drug-likeness (QED) is 0.673. The van der Waals surface area contributed by atoms with E-state index in [-0.39, 0.29) is 5.91 Å². The summed E-state index contributed by atoms with van der Waals surface area (Å²) in [6.45, 7) is 6.15. The Kier molecular flexibility index (Phi) is 4.10. The van der Waals surface area contributed by atoms with Gasteiger partial charge >= 0.3 is 0 Å². The summed E-state index contributed by atoms with van der Waals surface area (Å²) in [6, 6.07) is 0. The van der Waals surface area contributed by atoms with Crippen molar-refractivity contribution in [3.05, 3.63) is 5.82 Å². The van der Waals surface area contributed by atoms with E-state index in [0.29, 0.717) is 28.7 Å². The van der Waals surface area contributed by atoms with E-state index in [9.17, 15) is 4.79 Å². The first-order valence-corrected chi connectivity index (χ1v) is 8.64. The van der Waals surface area contributed by atoms with Gasteiger partial charge in [0.25, 0.3) is 0 Å². The van der Waals surface area contributed by atoms with E-state index in [1.165, 1.54) is 18.2 Å². The van der Waals surface area contributed by atoms with Crippen LogP contribution in [0.5, 0.6) is 0 Å². The van der Waals surface area contributed by atoms with Crippen LogP contribution in [0.15, 0.2) is 5.16 Å². The number of hydrogen-bond donors (Lipinski definition) is 1. The number of nitrogens with zero attached hydrogens (tertiary/aromatic N) is 4. The molecule has 1 saturated carbocycles. The lowest BCUT2D eigenvalue weighted by molar-refractivity contribution is -0.130. The minimum Gasteiger partial charge on any atom is -0.341 e. The molecule has 1 saturated heterocycles. The second-order valence-corrected chi connectivity index (χ2v) is 7.46. The highest BCUT2D eigenvalue weighted by atomic mass is 32.2. The maximum atomic E-state index is 12.3. The molecule has 2 fully saturated rings. The van der Waals surface area contributed by atoms with Gasteiger partial charge in [0.1, 0.15) is 0 Å². The lowest BCUT2D eigenvalue weighted by Gasteiger charge is -2.34. The van der Waals surface area contributed by atoms with E-state index in [1.807, 2.05) is 4.90 Å². The highest BCUT2D eigenvalue weighted by Crippen LogP contribution is 2.39. The zero-order valence-electron chi connectivity index (χ0n) is 12.7. The molecule has 0 radical (unpaired) electrons. The summed E-state index contributed by atoms with van der Waals surface area (Å²) in [6.07, 6.45) is 3.49. The third-order valence-electron chi connectivity index (χ3n) is 4.18. The van der Waals surface area contributed by atoms with E-state index in [0.717, 1.165) is 31.8 Å². The first-order valence-electron chi connectivity index (χ1n) is 7.65. The Balaban J connectivity index is 1.55. The second kappa shape index (κ2) is 5.87. The zero-order valence-corrected chi connectivity index (χ0v) is 13.5. The Bertz CT molecular complexity index is 517. The van der Waals surface area contributed by atoms with Crippen molar-refractivity contribution >= 4 is 17.7 Å². The van der Waals surface area contributed by atoms with Crippen molar-refractivity contribution in [2.45, 2.75) is 44.2 Å². The number of nitrogen functional groups attached to an aromatic ring is 1. The number of likely N-dealkylation sites (tertiary alicyclic amines) is 1. The Labute approximate surface area is 129 Å². The normalized spacial score (nSPS) is 26.1. The Morgan fingerprint density at radius 1 is 1.29 bits per heavy atom. The van der Waals surface area contributed by atoms with Crippen molar-refractivity contribution in [3.63, 3.8) is 0 Å². The molecule has 2 aliphatic rings. The molecule has 0 aromatic carbocycles. The van der Waals surface area contributed by atoms with Crippen LogP contribution in [0.25, 0.3) is 0 Å². The summed E-state index contributed by atoms with van der Waals surface area (Å²) in [5.74, 6) is 9.05. The smallest absolute Gasteiger partial charge is 0.233 e. The molecule has 1 aromatic rings. The van der Waals surface area contributed by atoms with Gasteiger partial charge in [-0.1, -0.05) is 25.6 Å². The van der Waals surface area contributed by atoms with Gasteiger partial charge in [0.05, 0.1) is 5.75 Å². The van der Waals surface area contributed by atoms with Crippen LogP contribution in [0.3, 0.4) is 0 Å². The number of carbonyl (C=O) groups excluding carboxylic acids is 1. The molecule has 1 amide bonds. The highest BCUT2D eigenvalue weighted by molar-refractivity contribution is 7.99. The molecule has 0 unspecified atom stereocenters. The highest BCUT2D eigenvalue weighted by Gasteiger charge is 2.30. The molecule has 0 bridgehead atoms. The van der Waals surface area contributed by atoms with Gasteiger partial charge in [-0.05, 0) is 31.1 Å². The van der Waals surface area contributed by atoms with Crippen LogP contribution in [0, 0.1) is 11.8 Å². The molecule has 6 nitrogen and oxygen atoms in total. The van der Waals surface area contributed by atoms with Gasteiger partial charge < -0.3 is 10.7 Å². The molecule has 2 atom stereocenters. The van der Waals surface area contributed by atoms with E-state index < -0.39 is 0 Å². The van der Waals surface area contributed by atoms with Crippen molar-refractivity contribution < 1.29 is 4.79 Å². The van der Waals surface area contributed by atoms with E-state index in [4.69, 9.17) is 5.84 Å². The molecule has 2 heterocycles. The Morgan fingerprint density at radius 2 is 1.95 bits per heavy atom. The fraction of sp³-hybridized carbons (Fsp3) is 0.786. The third-order valence-corrected chi connectivity index (χ3v) is 5.11. The van der Waals surface area contributed by atoms with Crippen LogP contribution in [-0.4, -0.2) is 44.5 Å². The number of piperidine rings is 1. The largest absolute Gasteiger partial charge is 0.341 e. The van der Waals surface area contributed by atoms with Crippen LogP contribution in [0.2, 0.25) is 0 Å². The maximum Gasteiger partial charge on any atom is 0.233 e. The Hall–Kier alpha value is -1.24. The number of carbonyl (C=O) groups is 1. The SMILES string of the molecule is C[C@H]1C[C@H](C)CN(C(=O)CSc2nnc(C3CC3)n2N)C1. The summed E-state index contributed by atoms with van der Waals surface area (Å²) in [4.78, 5) is 14.3. The van der Waals surface area contributed by atoms with E-state index in [2.05, 4.69) is 24.0 Å². The summed E-state index contributed by atoms with van der Waals surface area (Å²) in [5, 5.41) is 8.88. The van der Waals surface area contributed by atoms with Crippen LogP contribution in [0.4, 0.5) is 0 Å². The average Bonchev–Trinajstić information content (AvgIpc) is 3.20. The number of aromatic nitrogens is 3. The summed E-state index contributed by atoms with van der Waals surface area (Å²) < 4.78 is 1.55. The predicted molar refractivity (Wildman–Crippen MR) is 82.4 cm³/mol. The van der Waals surface area contributed by atoms with Gasteiger partial charge in [-0.15, -0.1) is 10.2 Å². The molecule has 1 aliphatic carbocycles. The molecule has 1 aliphatic heterocycles. The topological polar surface area (TPSA) is 77.0 Å². The number of rotatable bonds is 4. The third kappa shape index (κ3) is 3.33. The van der Waals surface area contributed by atoms with Crippen molar-refractivity contribution in [1.29, 1.82) is 0 Å². The zero-order chi connectivity index (χ0) is 15.0. The van der Waals surface area contributed by atoms with Gasteiger partial charge in [-0.25, -0.2) is 4.68 Å². The lowest BCUT2D eigenvalue weighted by Crippen LogP contribution is -2.43. The van der Waals surface area contributed by atoms with Gasteiger partial charge in [-0.3, -0.25) is 4.79 Å². The van der Waals surface area contributed by atoms with Crippen LogP contribution >= 0.6 is 11.8 Å². The minimum absolute atomic E-state index is 0.175. The van der Waals surface area contributed by atoms with Crippen molar-refractivity contribution in [2.24, 2.45) is 11.8 Å². The van der Waals surface area contributed by atoms with Gasteiger partial charge in [0.2, 0.25) is 11.1 Å². The molecule has 7 heteroatoms.